The lowest BCUT2D eigenvalue weighted by atomic mass is 10.0. The minimum atomic E-state index is -0.953. The van der Waals surface area contributed by atoms with Crippen molar-refractivity contribution in [2.75, 3.05) is 19.8 Å². The Balaban J connectivity index is 1.71. The molecule has 2 aromatic heterocycles. The van der Waals surface area contributed by atoms with E-state index in [4.69, 9.17) is 26.0 Å². The molecule has 0 aliphatic heterocycles. The smallest absolute Gasteiger partial charge is 0.268 e. The lowest BCUT2D eigenvalue weighted by Gasteiger charge is -2.16. The van der Waals surface area contributed by atoms with E-state index in [1.165, 1.54) is 10.4 Å². The van der Waals surface area contributed by atoms with Gasteiger partial charge in [0.1, 0.15) is 25.1 Å². The maximum Gasteiger partial charge on any atom is 0.268 e. The van der Waals surface area contributed by atoms with E-state index in [0.717, 1.165) is 16.9 Å². The van der Waals surface area contributed by atoms with E-state index < -0.39 is 18.6 Å². The van der Waals surface area contributed by atoms with Gasteiger partial charge in [-0.3, -0.25) is 4.79 Å². The number of benzene rings is 1. The number of nitrogens with one attached hydrogen (secondary N) is 1. The normalized spacial score (nSPS) is 12.2. The van der Waals surface area contributed by atoms with Crippen molar-refractivity contribution in [2.45, 2.75) is 40.2 Å². The highest BCUT2D eigenvalue weighted by Crippen LogP contribution is 2.35. The molecule has 3 aromatic rings. The lowest BCUT2D eigenvalue weighted by Crippen LogP contribution is -2.36. The van der Waals surface area contributed by atoms with Crippen molar-refractivity contribution in [1.29, 1.82) is 0 Å². The molecule has 0 radical (unpaired) electrons. The maximum atomic E-state index is 11.1. The number of aliphatic hydroxyl groups excluding tert-OH is 2. The Kier molecular flexibility index (Phi) is 8.47. The van der Waals surface area contributed by atoms with Crippen LogP contribution in [0.5, 0.6) is 5.75 Å². The zero-order chi connectivity index (χ0) is 24.1. The zero-order valence-electron chi connectivity index (χ0n) is 19.0. The molecule has 1 unspecified atom stereocenters. The van der Waals surface area contributed by atoms with Crippen molar-refractivity contribution >= 4 is 28.8 Å². The number of halogens is 1. The van der Waals surface area contributed by atoms with Crippen LogP contribution in [0.25, 0.3) is 22.2 Å². The van der Waals surface area contributed by atoms with Gasteiger partial charge in [-0.2, -0.15) is 4.98 Å². The fraction of sp³-hybridized carbons (Fsp3) is 0.435. The van der Waals surface area contributed by atoms with Crippen LogP contribution in [-0.2, 0) is 11.2 Å². The molecule has 178 valence electrons. The molecule has 1 aromatic carbocycles. The van der Waals surface area contributed by atoms with Gasteiger partial charge in [-0.25, -0.2) is 0 Å². The number of aryl methyl sites for hydroxylation is 2. The second kappa shape index (κ2) is 11.1. The molecule has 33 heavy (non-hydrogen) atoms. The molecule has 0 spiro atoms. The summed E-state index contributed by atoms with van der Waals surface area (Å²) in [5.41, 5.74) is 2.72. The van der Waals surface area contributed by atoms with Gasteiger partial charge in [0.05, 0.1) is 9.90 Å². The summed E-state index contributed by atoms with van der Waals surface area (Å²) in [6.45, 7) is 7.56. The fourth-order valence-corrected chi connectivity index (χ4v) is 4.57. The van der Waals surface area contributed by atoms with Crippen molar-refractivity contribution in [2.24, 2.45) is 5.92 Å². The molecule has 0 aliphatic carbocycles. The molecule has 10 heteroatoms. The summed E-state index contributed by atoms with van der Waals surface area (Å²) >= 11 is 8.06. The van der Waals surface area contributed by atoms with Crippen molar-refractivity contribution in [3.8, 4) is 27.9 Å². The number of carbonyl (C=O) groups is 1. The monoisotopic (exact) mass is 493 g/mol. The Morgan fingerprint density at radius 2 is 2.06 bits per heavy atom. The Morgan fingerprint density at radius 3 is 2.73 bits per heavy atom. The second-order valence-corrected chi connectivity index (χ2v) is 9.91. The fourth-order valence-electron chi connectivity index (χ4n) is 3.28. The number of nitrogens with zero attached hydrogens (tertiary/aromatic N) is 2. The van der Waals surface area contributed by atoms with Crippen molar-refractivity contribution < 1.29 is 24.3 Å². The quantitative estimate of drug-likeness (QED) is 0.393. The van der Waals surface area contributed by atoms with Crippen LogP contribution in [0.15, 0.2) is 22.7 Å². The molecule has 3 N–H and O–H groups in total. The zero-order valence-corrected chi connectivity index (χ0v) is 20.6. The van der Waals surface area contributed by atoms with Crippen LogP contribution in [0.2, 0.25) is 5.02 Å². The number of hydrogen-bond acceptors (Lipinski definition) is 8. The second-order valence-electron chi connectivity index (χ2n) is 8.24. The first-order chi connectivity index (χ1) is 15.7. The Hall–Kier alpha value is -2.46. The first kappa shape index (κ1) is 25.2. The van der Waals surface area contributed by atoms with Crippen LogP contribution in [0.4, 0.5) is 0 Å². The Morgan fingerprint density at radius 1 is 1.30 bits per heavy atom. The van der Waals surface area contributed by atoms with Crippen molar-refractivity contribution in [3.63, 3.8) is 0 Å². The maximum absolute atomic E-state index is 11.1. The summed E-state index contributed by atoms with van der Waals surface area (Å²) in [5, 5.41) is 25.5. The molecule has 0 saturated heterocycles. The summed E-state index contributed by atoms with van der Waals surface area (Å²) in [4.78, 5) is 17.8. The molecule has 0 saturated carbocycles. The molecule has 0 fully saturated rings. The van der Waals surface area contributed by atoms with Gasteiger partial charge in [-0.15, -0.1) is 11.3 Å². The molecule has 8 nitrogen and oxygen atoms in total. The third-order valence-corrected chi connectivity index (χ3v) is 6.23. The number of aromatic nitrogens is 2. The van der Waals surface area contributed by atoms with Crippen molar-refractivity contribution in [3.05, 3.63) is 39.2 Å². The van der Waals surface area contributed by atoms with Gasteiger partial charge in [0.25, 0.3) is 5.89 Å². The lowest BCUT2D eigenvalue weighted by molar-refractivity contribution is -0.124. The van der Waals surface area contributed by atoms with Gasteiger partial charge < -0.3 is 24.8 Å². The molecule has 2 heterocycles. The predicted molar refractivity (Wildman–Crippen MR) is 128 cm³/mol. The number of hydrogen-bond donors (Lipinski definition) is 3. The third kappa shape index (κ3) is 6.54. The molecular formula is C23H28ClN3O5S. The average molecular weight is 494 g/mol. The van der Waals surface area contributed by atoms with Gasteiger partial charge in [-0.05, 0) is 55.5 Å². The van der Waals surface area contributed by atoms with Crippen LogP contribution >= 0.6 is 22.9 Å². The van der Waals surface area contributed by atoms with E-state index in [-0.39, 0.29) is 13.2 Å². The molecular weight excluding hydrogens is 466 g/mol. The van der Waals surface area contributed by atoms with E-state index >= 15 is 0 Å². The van der Waals surface area contributed by atoms with E-state index in [9.17, 15) is 9.90 Å². The summed E-state index contributed by atoms with van der Waals surface area (Å²) < 4.78 is 11.2. The number of aliphatic hydroxyl groups is 2. The van der Waals surface area contributed by atoms with E-state index in [2.05, 4.69) is 42.3 Å². The number of ether oxygens (including phenoxy) is 1. The molecule has 0 aliphatic rings. The number of rotatable bonds is 10. The minimum absolute atomic E-state index is 0.0408. The standard InChI is InChI=1S/C23H28ClN3O5S/c1-12(2)5-15-8-19(33-14(15)4)23-26-22(27-32-23)16-6-13(3)21(18(24)7-16)31-11-17(29)9-25-20(30)10-28/h6-8,12,17,28-29H,5,9-11H2,1-4H3,(H,25,30). The van der Waals surface area contributed by atoms with Crippen LogP contribution in [-0.4, -0.2) is 52.1 Å². The van der Waals surface area contributed by atoms with Crippen LogP contribution in [0, 0.1) is 19.8 Å². The topological polar surface area (TPSA) is 118 Å². The minimum Gasteiger partial charge on any atom is -0.489 e. The summed E-state index contributed by atoms with van der Waals surface area (Å²) in [5.74, 6) is 1.31. The van der Waals surface area contributed by atoms with E-state index in [0.29, 0.717) is 34.0 Å². The largest absolute Gasteiger partial charge is 0.489 e. The predicted octanol–water partition coefficient (Wildman–Crippen LogP) is 3.78. The van der Waals surface area contributed by atoms with Gasteiger partial charge in [0, 0.05) is 17.0 Å². The third-order valence-electron chi connectivity index (χ3n) is 4.87. The van der Waals surface area contributed by atoms with Gasteiger partial charge >= 0.3 is 0 Å². The number of amides is 1. The van der Waals surface area contributed by atoms with Gasteiger partial charge in [-0.1, -0.05) is 30.6 Å². The molecule has 0 bridgehead atoms. The first-order valence-electron chi connectivity index (χ1n) is 10.6. The van der Waals surface area contributed by atoms with Gasteiger partial charge in [0.2, 0.25) is 11.7 Å². The average Bonchev–Trinajstić information content (AvgIpc) is 3.38. The first-order valence-corrected chi connectivity index (χ1v) is 11.8. The van der Waals surface area contributed by atoms with E-state index in [1.807, 2.05) is 13.0 Å². The number of thiophene rings is 1. The van der Waals surface area contributed by atoms with Gasteiger partial charge in [0.15, 0.2) is 0 Å². The summed E-state index contributed by atoms with van der Waals surface area (Å²) in [6.07, 6.45) is 0.0486. The molecule has 3 rings (SSSR count). The summed E-state index contributed by atoms with van der Waals surface area (Å²) in [6, 6.07) is 5.63. The van der Waals surface area contributed by atoms with Crippen molar-refractivity contribution in [1.82, 2.24) is 15.5 Å². The molecule has 1 atom stereocenters. The highest BCUT2D eigenvalue weighted by molar-refractivity contribution is 7.15. The SMILES string of the molecule is Cc1cc(-c2noc(-c3cc(CC(C)C)c(C)s3)n2)cc(Cl)c1OCC(O)CNC(=O)CO. The van der Waals surface area contributed by atoms with E-state index in [1.54, 1.807) is 17.4 Å². The number of carbonyl (C=O) groups excluding carboxylic acids is 1. The molecule has 1 amide bonds. The summed E-state index contributed by atoms with van der Waals surface area (Å²) in [7, 11) is 0. The van der Waals surface area contributed by atoms with Crippen LogP contribution in [0.1, 0.15) is 29.9 Å². The van der Waals surface area contributed by atoms with Crippen LogP contribution < -0.4 is 10.1 Å². The highest BCUT2D eigenvalue weighted by atomic mass is 35.5. The Bertz CT molecular complexity index is 1090. The highest BCUT2D eigenvalue weighted by Gasteiger charge is 2.18. The Labute approximate surface area is 201 Å². The van der Waals surface area contributed by atoms with Crippen LogP contribution in [0.3, 0.4) is 0 Å².